The lowest BCUT2D eigenvalue weighted by atomic mass is 10.1. The second-order valence-corrected chi connectivity index (χ2v) is 12.0. The normalized spacial score (nSPS) is 15.0. The van der Waals surface area contributed by atoms with Crippen molar-refractivity contribution in [1.82, 2.24) is 9.88 Å². The number of likely N-dealkylation sites (tertiary alicyclic amines) is 1. The fourth-order valence-electron chi connectivity index (χ4n) is 4.35. The van der Waals surface area contributed by atoms with E-state index in [0.717, 1.165) is 16.7 Å². The van der Waals surface area contributed by atoms with Gasteiger partial charge in [0.25, 0.3) is 10.0 Å². The van der Waals surface area contributed by atoms with Gasteiger partial charge in [-0.3, -0.25) is 14.4 Å². The molecular weight excluding hydrogens is 548 g/mol. The molecule has 1 unspecified atom stereocenters. The van der Waals surface area contributed by atoms with Crippen molar-refractivity contribution in [2.45, 2.75) is 37.3 Å². The van der Waals surface area contributed by atoms with Crippen LogP contribution in [-0.2, 0) is 26.2 Å². The topological polar surface area (TPSA) is 118 Å². The Labute approximate surface area is 236 Å². The summed E-state index contributed by atoms with van der Waals surface area (Å²) in [4.78, 5) is 31.8. The van der Waals surface area contributed by atoms with Crippen LogP contribution in [0.25, 0.3) is 11.3 Å². The summed E-state index contributed by atoms with van der Waals surface area (Å²) in [6.07, 6.45) is 0.742. The Kier molecular flexibility index (Phi) is 8.13. The largest absolute Gasteiger partial charge is 0.445 e. The van der Waals surface area contributed by atoms with Gasteiger partial charge in [-0.2, -0.15) is 0 Å². The zero-order chi connectivity index (χ0) is 28.1. The lowest BCUT2D eigenvalue weighted by molar-refractivity contribution is -0.120. The Balaban J connectivity index is 1.18. The number of anilines is 2. The van der Waals surface area contributed by atoms with Gasteiger partial charge in [-0.05, 0) is 49.6 Å². The smallest absolute Gasteiger partial charge is 0.410 e. The molecule has 9 nitrogen and oxygen atoms in total. The molecule has 2 amide bonds. The Morgan fingerprint density at radius 3 is 2.48 bits per heavy atom. The van der Waals surface area contributed by atoms with Gasteiger partial charge in [0.05, 0.1) is 10.6 Å². The van der Waals surface area contributed by atoms with E-state index in [1.165, 1.54) is 16.2 Å². The van der Waals surface area contributed by atoms with Gasteiger partial charge in [0, 0.05) is 23.2 Å². The summed E-state index contributed by atoms with van der Waals surface area (Å²) in [5.41, 5.74) is 3.68. The summed E-state index contributed by atoms with van der Waals surface area (Å²) in [6, 6.07) is 22.2. The van der Waals surface area contributed by atoms with Gasteiger partial charge in [-0.15, -0.1) is 11.3 Å². The predicted molar refractivity (Wildman–Crippen MR) is 155 cm³/mol. The molecule has 0 radical (unpaired) electrons. The molecule has 206 valence electrons. The first-order chi connectivity index (χ1) is 19.3. The molecule has 4 aromatic rings. The monoisotopic (exact) mass is 576 g/mol. The minimum Gasteiger partial charge on any atom is -0.445 e. The number of nitrogens with one attached hydrogen (secondary N) is 2. The number of aryl methyl sites for hydroxylation is 1. The molecule has 5 rings (SSSR count). The number of ether oxygens (including phenoxy) is 1. The van der Waals surface area contributed by atoms with E-state index in [1.807, 2.05) is 42.6 Å². The highest BCUT2D eigenvalue weighted by Crippen LogP contribution is 2.28. The minimum atomic E-state index is -3.70. The Morgan fingerprint density at radius 1 is 1.02 bits per heavy atom. The maximum Gasteiger partial charge on any atom is 0.410 e. The predicted octanol–water partition coefficient (Wildman–Crippen LogP) is 5.66. The van der Waals surface area contributed by atoms with Crippen LogP contribution >= 0.6 is 11.3 Å². The molecule has 0 aliphatic carbocycles. The molecule has 3 aromatic carbocycles. The Hall–Kier alpha value is -4.22. The van der Waals surface area contributed by atoms with Crippen molar-refractivity contribution in [2.24, 2.45) is 0 Å². The van der Waals surface area contributed by atoms with Gasteiger partial charge < -0.3 is 10.1 Å². The van der Waals surface area contributed by atoms with Crippen LogP contribution in [0.1, 0.15) is 24.0 Å². The standard InChI is InChI=1S/C29H28N4O5S2/c1-20-9-15-24(16-10-20)40(36,37)32-23-13-11-22(12-14-23)25-19-39-28(30-25)31-27(34)26-8-5-17-33(26)29(35)38-18-21-6-3-2-4-7-21/h2-4,6-7,9-16,19,26,32H,5,8,17-18H2,1H3,(H,30,31,34). The van der Waals surface area contributed by atoms with Crippen molar-refractivity contribution < 1.29 is 22.7 Å². The van der Waals surface area contributed by atoms with E-state index in [-0.39, 0.29) is 17.4 Å². The van der Waals surface area contributed by atoms with Gasteiger partial charge in [-0.25, -0.2) is 18.2 Å². The molecular formula is C29H28N4O5S2. The number of amides is 2. The molecule has 1 aromatic heterocycles. The lowest BCUT2D eigenvalue weighted by Crippen LogP contribution is -2.43. The quantitative estimate of drug-likeness (QED) is 0.280. The van der Waals surface area contributed by atoms with Gasteiger partial charge in [0.15, 0.2) is 5.13 Å². The maximum absolute atomic E-state index is 13.0. The first-order valence-electron chi connectivity index (χ1n) is 12.7. The van der Waals surface area contributed by atoms with Crippen LogP contribution in [0.15, 0.2) is 89.1 Å². The second kappa shape index (κ2) is 11.9. The van der Waals surface area contributed by atoms with E-state index in [0.29, 0.717) is 35.9 Å². The van der Waals surface area contributed by atoms with E-state index in [4.69, 9.17) is 4.74 Å². The number of nitrogens with zero attached hydrogens (tertiary/aromatic N) is 2. The SMILES string of the molecule is Cc1ccc(S(=O)(=O)Nc2ccc(-c3csc(NC(=O)C4CCCN4C(=O)OCc4ccccc4)n3)cc2)cc1. The van der Waals surface area contributed by atoms with Gasteiger partial charge in [0.2, 0.25) is 5.91 Å². The van der Waals surface area contributed by atoms with E-state index in [1.54, 1.807) is 48.5 Å². The van der Waals surface area contributed by atoms with Gasteiger partial charge in [-0.1, -0.05) is 60.2 Å². The number of thiazole rings is 1. The van der Waals surface area contributed by atoms with E-state index in [2.05, 4.69) is 15.0 Å². The Bertz CT molecular complexity index is 1590. The van der Waals surface area contributed by atoms with Crippen molar-refractivity contribution in [1.29, 1.82) is 0 Å². The van der Waals surface area contributed by atoms with E-state index < -0.39 is 22.2 Å². The molecule has 1 atom stereocenters. The van der Waals surface area contributed by atoms with Gasteiger partial charge in [0.1, 0.15) is 12.6 Å². The highest BCUT2D eigenvalue weighted by molar-refractivity contribution is 7.92. The minimum absolute atomic E-state index is 0.145. The first kappa shape index (κ1) is 27.4. The highest BCUT2D eigenvalue weighted by Gasteiger charge is 2.35. The molecule has 11 heteroatoms. The highest BCUT2D eigenvalue weighted by atomic mass is 32.2. The zero-order valence-corrected chi connectivity index (χ0v) is 23.4. The molecule has 0 bridgehead atoms. The van der Waals surface area contributed by atoms with Gasteiger partial charge >= 0.3 is 6.09 Å². The molecule has 2 heterocycles. The van der Waals surface area contributed by atoms with E-state index in [9.17, 15) is 18.0 Å². The van der Waals surface area contributed by atoms with Crippen LogP contribution in [0.3, 0.4) is 0 Å². The molecule has 0 saturated carbocycles. The molecule has 0 spiro atoms. The summed E-state index contributed by atoms with van der Waals surface area (Å²) in [5, 5.41) is 5.04. The molecule has 1 aliphatic rings. The van der Waals surface area contributed by atoms with Crippen molar-refractivity contribution in [3.8, 4) is 11.3 Å². The van der Waals surface area contributed by atoms with Crippen molar-refractivity contribution in [2.75, 3.05) is 16.6 Å². The maximum atomic E-state index is 13.0. The average molecular weight is 577 g/mol. The number of hydrogen-bond donors (Lipinski definition) is 2. The van der Waals surface area contributed by atoms with Crippen molar-refractivity contribution >= 4 is 44.2 Å². The van der Waals surface area contributed by atoms with Crippen LogP contribution in [0.4, 0.5) is 15.6 Å². The third-order valence-corrected chi connectivity index (χ3v) is 8.65. The van der Waals surface area contributed by atoms with Crippen LogP contribution in [0.2, 0.25) is 0 Å². The van der Waals surface area contributed by atoms with E-state index >= 15 is 0 Å². The fraction of sp³-hybridized carbons (Fsp3) is 0.207. The molecule has 1 fully saturated rings. The number of carbonyl (C=O) groups is 2. The molecule has 40 heavy (non-hydrogen) atoms. The zero-order valence-electron chi connectivity index (χ0n) is 21.7. The van der Waals surface area contributed by atoms with Crippen LogP contribution < -0.4 is 10.0 Å². The van der Waals surface area contributed by atoms with Crippen LogP contribution in [-0.4, -0.2) is 42.9 Å². The second-order valence-electron chi connectivity index (χ2n) is 9.41. The van der Waals surface area contributed by atoms with Crippen molar-refractivity contribution in [3.63, 3.8) is 0 Å². The fourth-order valence-corrected chi connectivity index (χ4v) is 6.13. The molecule has 1 saturated heterocycles. The third-order valence-electron chi connectivity index (χ3n) is 6.49. The average Bonchev–Trinajstić information content (AvgIpc) is 3.63. The summed E-state index contributed by atoms with van der Waals surface area (Å²) >= 11 is 1.27. The number of benzene rings is 3. The number of carbonyl (C=O) groups excluding carboxylic acids is 2. The summed E-state index contributed by atoms with van der Waals surface area (Å²) in [5.74, 6) is -0.309. The van der Waals surface area contributed by atoms with Crippen LogP contribution in [0.5, 0.6) is 0 Å². The first-order valence-corrected chi connectivity index (χ1v) is 15.1. The number of aromatic nitrogens is 1. The molecule has 1 aliphatic heterocycles. The summed E-state index contributed by atoms with van der Waals surface area (Å²) in [7, 11) is -3.70. The summed E-state index contributed by atoms with van der Waals surface area (Å²) in [6.45, 7) is 2.49. The third kappa shape index (κ3) is 6.49. The number of rotatable bonds is 8. The Morgan fingerprint density at radius 2 is 1.75 bits per heavy atom. The van der Waals surface area contributed by atoms with Crippen LogP contribution in [0, 0.1) is 6.92 Å². The lowest BCUT2D eigenvalue weighted by Gasteiger charge is -2.22. The number of sulfonamides is 1. The molecule has 2 N–H and O–H groups in total. The van der Waals surface area contributed by atoms with Crippen molar-refractivity contribution in [3.05, 3.63) is 95.4 Å². The summed E-state index contributed by atoms with van der Waals surface area (Å²) < 4.78 is 33.3. The number of hydrogen-bond acceptors (Lipinski definition) is 7.